The molecule has 3 N–H and O–H groups in total. The SMILES string of the molecule is CN=C(NCC(C)(C)C)NCC(C)(O)c1ccco1.I. The maximum atomic E-state index is 10.3. The predicted molar refractivity (Wildman–Crippen MR) is 92.5 cm³/mol. The molecule has 0 spiro atoms. The first-order valence-electron chi connectivity index (χ1n) is 6.45. The van der Waals surface area contributed by atoms with Crippen molar-refractivity contribution in [2.45, 2.75) is 33.3 Å². The Kier molecular flexibility index (Phi) is 7.57. The van der Waals surface area contributed by atoms with Gasteiger partial charge in [0.15, 0.2) is 5.96 Å². The van der Waals surface area contributed by atoms with Gasteiger partial charge in [-0.1, -0.05) is 20.8 Å². The summed E-state index contributed by atoms with van der Waals surface area (Å²) in [6.45, 7) is 9.26. The van der Waals surface area contributed by atoms with Crippen molar-refractivity contribution in [2.24, 2.45) is 10.4 Å². The number of nitrogens with zero attached hydrogens (tertiary/aromatic N) is 1. The summed E-state index contributed by atoms with van der Waals surface area (Å²) >= 11 is 0. The van der Waals surface area contributed by atoms with E-state index in [1.54, 1.807) is 32.4 Å². The summed E-state index contributed by atoms with van der Waals surface area (Å²) in [5, 5.41) is 16.6. The molecule has 0 radical (unpaired) electrons. The van der Waals surface area contributed by atoms with Crippen molar-refractivity contribution in [1.82, 2.24) is 10.6 Å². The Morgan fingerprint density at radius 1 is 1.25 bits per heavy atom. The monoisotopic (exact) mass is 395 g/mol. The molecule has 20 heavy (non-hydrogen) atoms. The van der Waals surface area contributed by atoms with Gasteiger partial charge in [0.1, 0.15) is 11.4 Å². The molecular formula is C14H26IN3O2. The van der Waals surface area contributed by atoms with Gasteiger partial charge in [0.2, 0.25) is 0 Å². The summed E-state index contributed by atoms with van der Waals surface area (Å²) in [5.41, 5.74) is -0.899. The second-order valence-corrected chi connectivity index (χ2v) is 6.09. The maximum Gasteiger partial charge on any atom is 0.191 e. The summed E-state index contributed by atoms with van der Waals surface area (Å²) in [6.07, 6.45) is 1.55. The Labute approximate surface area is 138 Å². The number of hydrogen-bond acceptors (Lipinski definition) is 3. The highest BCUT2D eigenvalue weighted by Gasteiger charge is 2.26. The van der Waals surface area contributed by atoms with E-state index in [2.05, 4.69) is 36.4 Å². The zero-order valence-electron chi connectivity index (χ0n) is 12.9. The molecule has 1 heterocycles. The molecule has 6 heteroatoms. The molecule has 1 rings (SSSR count). The number of hydrogen-bond donors (Lipinski definition) is 3. The van der Waals surface area contributed by atoms with Crippen LogP contribution in [0.5, 0.6) is 0 Å². The number of rotatable bonds is 4. The average Bonchev–Trinajstić information content (AvgIpc) is 2.81. The molecule has 0 saturated carbocycles. The van der Waals surface area contributed by atoms with E-state index in [0.29, 0.717) is 18.3 Å². The third-order valence-electron chi connectivity index (χ3n) is 2.66. The highest BCUT2D eigenvalue weighted by atomic mass is 127. The van der Waals surface area contributed by atoms with Crippen molar-refractivity contribution >= 4 is 29.9 Å². The van der Waals surface area contributed by atoms with E-state index in [-0.39, 0.29) is 29.4 Å². The molecule has 0 aliphatic rings. The second-order valence-electron chi connectivity index (χ2n) is 6.09. The molecule has 1 unspecified atom stereocenters. The number of nitrogens with one attached hydrogen (secondary N) is 2. The quantitative estimate of drug-likeness (QED) is 0.416. The van der Waals surface area contributed by atoms with Crippen molar-refractivity contribution < 1.29 is 9.52 Å². The fraction of sp³-hybridized carbons (Fsp3) is 0.643. The Balaban J connectivity index is 0.00000361. The van der Waals surface area contributed by atoms with Crippen molar-refractivity contribution in [3.8, 4) is 0 Å². The average molecular weight is 395 g/mol. The Morgan fingerprint density at radius 3 is 2.30 bits per heavy atom. The topological polar surface area (TPSA) is 69.8 Å². The smallest absolute Gasteiger partial charge is 0.191 e. The maximum absolute atomic E-state index is 10.3. The molecule has 1 aromatic rings. The molecule has 1 atom stereocenters. The first-order chi connectivity index (χ1) is 8.74. The largest absolute Gasteiger partial charge is 0.466 e. The molecule has 5 nitrogen and oxygen atoms in total. The highest BCUT2D eigenvalue weighted by Crippen LogP contribution is 2.19. The van der Waals surface area contributed by atoms with Crippen LogP contribution in [0.2, 0.25) is 0 Å². The lowest BCUT2D eigenvalue weighted by molar-refractivity contribution is 0.0385. The summed E-state index contributed by atoms with van der Waals surface area (Å²) in [5.74, 6) is 1.20. The number of halogens is 1. The van der Waals surface area contributed by atoms with Crippen LogP contribution in [-0.4, -0.2) is 31.2 Å². The molecule has 0 aliphatic heterocycles. The van der Waals surface area contributed by atoms with Crippen molar-refractivity contribution in [3.63, 3.8) is 0 Å². The molecule has 0 bridgehead atoms. The zero-order chi connectivity index (χ0) is 14.5. The van der Waals surface area contributed by atoms with E-state index in [1.165, 1.54) is 0 Å². The first-order valence-corrected chi connectivity index (χ1v) is 6.45. The Morgan fingerprint density at radius 2 is 1.85 bits per heavy atom. The van der Waals surface area contributed by atoms with Crippen LogP contribution in [0.15, 0.2) is 27.8 Å². The van der Waals surface area contributed by atoms with Gasteiger partial charge in [0.25, 0.3) is 0 Å². The molecule has 0 aliphatic carbocycles. The molecule has 0 amide bonds. The Hall–Kier alpha value is -0.760. The summed E-state index contributed by atoms with van der Waals surface area (Å²) < 4.78 is 5.23. The number of furan rings is 1. The van der Waals surface area contributed by atoms with Crippen LogP contribution in [0.25, 0.3) is 0 Å². The van der Waals surface area contributed by atoms with Crippen molar-refractivity contribution in [1.29, 1.82) is 0 Å². The van der Waals surface area contributed by atoms with Gasteiger partial charge in [-0.2, -0.15) is 0 Å². The van der Waals surface area contributed by atoms with Gasteiger partial charge in [-0.25, -0.2) is 0 Å². The first kappa shape index (κ1) is 19.2. The molecule has 116 valence electrons. The van der Waals surface area contributed by atoms with E-state index in [1.807, 2.05) is 0 Å². The number of aliphatic imine (C=N–C) groups is 1. The van der Waals surface area contributed by atoms with Crippen molar-refractivity contribution in [2.75, 3.05) is 20.1 Å². The van der Waals surface area contributed by atoms with E-state index in [0.717, 1.165) is 6.54 Å². The zero-order valence-corrected chi connectivity index (χ0v) is 15.2. The third-order valence-corrected chi connectivity index (χ3v) is 2.66. The summed E-state index contributed by atoms with van der Waals surface area (Å²) in [6, 6.07) is 3.52. The van der Waals surface area contributed by atoms with E-state index >= 15 is 0 Å². The Bertz CT molecular complexity index is 409. The van der Waals surface area contributed by atoms with Gasteiger partial charge < -0.3 is 20.2 Å². The van der Waals surface area contributed by atoms with Gasteiger partial charge in [-0.15, -0.1) is 24.0 Å². The minimum atomic E-state index is -1.07. The molecule has 0 saturated heterocycles. The standard InChI is InChI=1S/C14H25N3O2.HI/c1-13(2,3)9-16-12(15-5)17-10-14(4,18)11-7-6-8-19-11;/h6-8,18H,9-10H2,1-5H3,(H2,15,16,17);1H. The minimum Gasteiger partial charge on any atom is -0.466 e. The summed E-state index contributed by atoms with van der Waals surface area (Å²) in [4.78, 5) is 4.13. The van der Waals surface area contributed by atoms with Crippen LogP contribution in [0.1, 0.15) is 33.5 Å². The van der Waals surface area contributed by atoms with E-state index in [9.17, 15) is 5.11 Å². The number of guanidine groups is 1. The molecule has 1 aromatic heterocycles. The van der Waals surface area contributed by atoms with Gasteiger partial charge in [-0.05, 0) is 24.5 Å². The van der Waals surface area contributed by atoms with Crippen LogP contribution in [0, 0.1) is 5.41 Å². The highest BCUT2D eigenvalue weighted by molar-refractivity contribution is 14.0. The fourth-order valence-corrected chi connectivity index (χ4v) is 1.50. The minimum absolute atomic E-state index is 0. The second kappa shape index (κ2) is 7.87. The lowest BCUT2D eigenvalue weighted by Gasteiger charge is -2.25. The van der Waals surface area contributed by atoms with Crippen LogP contribution in [0.3, 0.4) is 0 Å². The molecule has 0 fully saturated rings. The van der Waals surface area contributed by atoms with Crippen molar-refractivity contribution in [3.05, 3.63) is 24.2 Å². The predicted octanol–water partition coefficient (Wildman–Crippen LogP) is 2.32. The van der Waals surface area contributed by atoms with Crippen LogP contribution >= 0.6 is 24.0 Å². The fourth-order valence-electron chi connectivity index (χ4n) is 1.50. The van der Waals surface area contributed by atoms with Crippen LogP contribution < -0.4 is 10.6 Å². The van der Waals surface area contributed by atoms with Crippen LogP contribution in [-0.2, 0) is 5.60 Å². The lowest BCUT2D eigenvalue weighted by Crippen LogP contribution is -2.46. The van der Waals surface area contributed by atoms with E-state index < -0.39 is 5.60 Å². The van der Waals surface area contributed by atoms with E-state index in [4.69, 9.17) is 4.42 Å². The summed E-state index contributed by atoms with van der Waals surface area (Å²) in [7, 11) is 1.71. The molecular weight excluding hydrogens is 369 g/mol. The van der Waals surface area contributed by atoms with Gasteiger partial charge in [-0.3, -0.25) is 4.99 Å². The van der Waals surface area contributed by atoms with Gasteiger partial charge in [0, 0.05) is 13.6 Å². The van der Waals surface area contributed by atoms with Gasteiger partial charge in [0.05, 0.1) is 12.8 Å². The van der Waals surface area contributed by atoms with Crippen LogP contribution in [0.4, 0.5) is 0 Å². The third kappa shape index (κ3) is 6.60. The lowest BCUT2D eigenvalue weighted by atomic mass is 9.97. The molecule has 0 aromatic carbocycles. The normalized spacial score (nSPS) is 15.2. The number of aliphatic hydroxyl groups is 1. The van der Waals surface area contributed by atoms with Gasteiger partial charge >= 0.3 is 0 Å².